The number of carbonyl (C=O) groups is 2. The van der Waals surface area contributed by atoms with Gasteiger partial charge in [0.1, 0.15) is 11.5 Å². The number of hydrogen-bond donors (Lipinski definition) is 0. The molecule has 24 heavy (non-hydrogen) atoms. The van der Waals surface area contributed by atoms with Crippen LogP contribution in [0.3, 0.4) is 0 Å². The number of esters is 1. The second kappa shape index (κ2) is 7.17. The van der Waals surface area contributed by atoms with Gasteiger partial charge in [0.15, 0.2) is 6.61 Å². The number of anilines is 1. The van der Waals surface area contributed by atoms with Gasteiger partial charge in [0.05, 0.1) is 0 Å². The summed E-state index contributed by atoms with van der Waals surface area (Å²) in [4.78, 5) is 25.3. The summed E-state index contributed by atoms with van der Waals surface area (Å²) >= 11 is 0. The SMILES string of the molecule is Cc1cccc(OCC(=O)Oc2ccc(N3CCCC3=O)cc2)c1. The predicted octanol–water partition coefficient (Wildman–Crippen LogP) is 3.11. The van der Waals surface area contributed by atoms with Crippen LogP contribution in [0.25, 0.3) is 0 Å². The molecular weight excluding hydrogens is 306 g/mol. The van der Waals surface area contributed by atoms with Gasteiger partial charge in [-0.15, -0.1) is 0 Å². The Balaban J connectivity index is 1.53. The predicted molar refractivity (Wildman–Crippen MR) is 90.3 cm³/mol. The van der Waals surface area contributed by atoms with Crippen LogP contribution in [-0.2, 0) is 9.59 Å². The maximum atomic E-state index is 11.9. The lowest BCUT2D eigenvalue weighted by Crippen LogP contribution is -2.23. The zero-order valence-corrected chi connectivity index (χ0v) is 13.5. The molecule has 0 bridgehead atoms. The van der Waals surface area contributed by atoms with Crippen molar-refractivity contribution in [3.63, 3.8) is 0 Å². The highest BCUT2D eigenvalue weighted by Crippen LogP contribution is 2.24. The molecule has 0 atom stereocenters. The summed E-state index contributed by atoms with van der Waals surface area (Å²) in [6.07, 6.45) is 1.47. The average molecular weight is 325 g/mol. The third kappa shape index (κ3) is 3.93. The molecule has 124 valence electrons. The molecule has 1 aliphatic heterocycles. The normalized spacial score (nSPS) is 13.9. The summed E-state index contributed by atoms with van der Waals surface area (Å²) in [5.41, 5.74) is 1.89. The molecule has 1 fully saturated rings. The number of nitrogens with zero attached hydrogens (tertiary/aromatic N) is 1. The Hall–Kier alpha value is -2.82. The summed E-state index contributed by atoms with van der Waals surface area (Å²) in [5, 5.41) is 0. The number of rotatable bonds is 5. The minimum atomic E-state index is -0.471. The second-order valence-corrected chi connectivity index (χ2v) is 5.72. The molecule has 0 radical (unpaired) electrons. The van der Waals surface area contributed by atoms with Gasteiger partial charge in [0.2, 0.25) is 5.91 Å². The van der Waals surface area contributed by atoms with E-state index in [1.807, 2.05) is 25.1 Å². The Labute approximate surface area is 140 Å². The van der Waals surface area contributed by atoms with Gasteiger partial charge in [-0.3, -0.25) is 4.79 Å². The molecule has 1 amide bonds. The monoisotopic (exact) mass is 325 g/mol. The fourth-order valence-corrected chi connectivity index (χ4v) is 2.62. The standard InChI is InChI=1S/C19H19NO4/c1-14-4-2-5-17(12-14)23-13-19(22)24-16-9-7-15(8-10-16)20-11-3-6-18(20)21/h2,4-5,7-10,12H,3,6,11,13H2,1H3. The molecule has 2 aromatic carbocycles. The van der Waals surface area contributed by atoms with E-state index in [-0.39, 0.29) is 12.5 Å². The third-order valence-electron chi connectivity index (χ3n) is 3.80. The molecule has 0 N–H and O–H groups in total. The highest BCUT2D eigenvalue weighted by Gasteiger charge is 2.21. The minimum absolute atomic E-state index is 0.131. The summed E-state index contributed by atoms with van der Waals surface area (Å²) in [6.45, 7) is 2.54. The van der Waals surface area contributed by atoms with Crippen molar-refractivity contribution in [2.75, 3.05) is 18.1 Å². The first kappa shape index (κ1) is 16.1. The van der Waals surface area contributed by atoms with Gasteiger partial charge in [-0.1, -0.05) is 12.1 Å². The van der Waals surface area contributed by atoms with E-state index < -0.39 is 5.97 Å². The number of ether oxygens (including phenoxy) is 2. The molecule has 5 heteroatoms. The molecule has 0 aromatic heterocycles. The molecule has 0 spiro atoms. The summed E-state index contributed by atoms with van der Waals surface area (Å²) in [5.74, 6) is 0.728. The molecule has 1 saturated heterocycles. The number of carbonyl (C=O) groups excluding carboxylic acids is 2. The van der Waals surface area contributed by atoms with Crippen molar-refractivity contribution in [2.24, 2.45) is 0 Å². The van der Waals surface area contributed by atoms with E-state index in [0.29, 0.717) is 17.9 Å². The van der Waals surface area contributed by atoms with Crippen LogP contribution in [0.1, 0.15) is 18.4 Å². The fourth-order valence-electron chi connectivity index (χ4n) is 2.62. The number of aryl methyl sites for hydroxylation is 1. The van der Waals surface area contributed by atoms with Gasteiger partial charge in [-0.2, -0.15) is 0 Å². The van der Waals surface area contributed by atoms with Crippen LogP contribution < -0.4 is 14.4 Å². The second-order valence-electron chi connectivity index (χ2n) is 5.72. The topological polar surface area (TPSA) is 55.8 Å². The first-order chi connectivity index (χ1) is 11.6. The Morgan fingerprint density at radius 2 is 1.92 bits per heavy atom. The number of amides is 1. The highest BCUT2D eigenvalue weighted by atomic mass is 16.6. The molecule has 0 saturated carbocycles. The van der Waals surface area contributed by atoms with Crippen LogP contribution in [0.15, 0.2) is 48.5 Å². The number of benzene rings is 2. The van der Waals surface area contributed by atoms with E-state index in [9.17, 15) is 9.59 Å². The molecule has 3 rings (SSSR count). The lowest BCUT2D eigenvalue weighted by atomic mass is 10.2. The van der Waals surface area contributed by atoms with Gasteiger partial charge < -0.3 is 14.4 Å². The van der Waals surface area contributed by atoms with Crippen molar-refractivity contribution >= 4 is 17.6 Å². The van der Waals surface area contributed by atoms with Crippen molar-refractivity contribution in [3.8, 4) is 11.5 Å². The minimum Gasteiger partial charge on any atom is -0.482 e. The molecular formula is C19H19NO4. The Kier molecular flexibility index (Phi) is 4.79. The molecule has 5 nitrogen and oxygen atoms in total. The molecule has 0 aliphatic carbocycles. The van der Waals surface area contributed by atoms with Gasteiger partial charge in [0.25, 0.3) is 0 Å². The van der Waals surface area contributed by atoms with Crippen LogP contribution >= 0.6 is 0 Å². The zero-order valence-electron chi connectivity index (χ0n) is 13.5. The van der Waals surface area contributed by atoms with E-state index in [4.69, 9.17) is 9.47 Å². The molecule has 1 heterocycles. The maximum absolute atomic E-state index is 11.9. The van der Waals surface area contributed by atoms with Crippen molar-refractivity contribution in [3.05, 3.63) is 54.1 Å². The number of hydrogen-bond acceptors (Lipinski definition) is 4. The van der Waals surface area contributed by atoms with Crippen molar-refractivity contribution < 1.29 is 19.1 Å². The lowest BCUT2D eigenvalue weighted by molar-refractivity contribution is -0.136. The van der Waals surface area contributed by atoms with Gasteiger partial charge in [-0.05, 0) is 55.3 Å². The Morgan fingerprint density at radius 3 is 2.58 bits per heavy atom. The summed E-state index contributed by atoms with van der Waals surface area (Å²) in [6, 6.07) is 14.4. The van der Waals surface area contributed by atoms with Crippen molar-refractivity contribution in [2.45, 2.75) is 19.8 Å². The molecule has 1 aliphatic rings. The quantitative estimate of drug-likeness (QED) is 0.626. The Bertz CT molecular complexity index is 739. The summed E-state index contributed by atoms with van der Waals surface area (Å²) in [7, 11) is 0. The van der Waals surface area contributed by atoms with Crippen LogP contribution in [0, 0.1) is 6.92 Å². The van der Waals surface area contributed by atoms with E-state index in [2.05, 4.69) is 0 Å². The van der Waals surface area contributed by atoms with Crippen LogP contribution in [0.4, 0.5) is 5.69 Å². The maximum Gasteiger partial charge on any atom is 0.349 e. The smallest absolute Gasteiger partial charge is 0.349 e. The van der Waals surface area contributed by atoms with E-state index in [0.717, 1.165) is 24.2 Å². The van der Waals surface area contributed by atoms with E-state index >= 15 is 0 Å². The first-order valence-electron chi connectivity index (χ1n) is 7.92. The van der Waals surface area contributed by atoms with Gasteiger partial charge >= 0.3 is 5.97 Å². The molecule has 2 aromatic rings. The fraction of sp³-hybridized carbons (Fsp3) is 0.263. The largest absolute Gasteiger partial charge is 0.482 e. The third-order valence-corrected chi connectivity index (χ3v) is 3.80. The Morgan fingerprint density at radius 1 is 1.12 bits per heavy atom. The van der Waals surface area contributed by atoms with Crippen molar-refractivity contribution in [1.82, 2.24) is 0 Å². The highest BCUT2D eigenvalue weighted by molar-refractivity contribution is 5.95. The zero-order chi connectivity index (χ0) is 16.9. The lowest BCUT2D eigenvalue weighted by Gasteiger charge is -2.15. The molecule has 0 unspecified atom stereocenters. The van der Waals surface area contributed by atoms with Gasteiger partial charge in [0, 0.05) is 18.7 Å². The van der Waals surface area contributed by atoms with Crippen molar-refractivity contribution in [1.29, 1.82) is 0 Å². The van der Waals surface area contributed by atoms with Crippen LogP contribution in [0.2, 0.25) is 0 Å². The van der Waals surface area contributed by atoms with Crippen LogP contribution in [-0.4, -0.2) is 25.0 Å². The van der Waals surface area contributed by atoms with Gasteiger partial charge in [-0.25, -0.2) is 4.79 Å². The van der Waals surface area contributed by atoms with E-state index in [1.54, 1.807) is 35.2 Å². The van der Waals surface area contributed by atoms with E-state index in [1.165, 1.54) is 0 Å². The van der Waals surface area contributed by atoms with Crippen LogP contribution in [0.5, 0.6) is 11.5 Å². The summed E-state index contributed by atoms with van der Waals surface area (Å²) < 4.78 is 10.7. The average Bonchev–Trinajstić information content (AvgIpc) is 3.00. The first-order valence-corrected chi connectivity index (χ1v) is 7.92.